The molecule has 0 spiro atoms. The van der Waals surface area contributed by atoms with Crippen LogP contribution in [0.2, 0.25) is 0 Å². The number of aliphatic hydroxyl groups excluding tert-OH is 16. The van der Waals surface area contributed by atoms with Crippen LogP contribution in [-0.4, -0.2) is 321 Å². The number of carbonyl (C=O) groups excluding carboxylic acids is 3. The van der Waals surface area contributed by atoms with Crippen LogP contribution >= 0.6 is 0 Å². The molecule has 0 bridgehead atoms. The van der Waals surface area contributed by atoms with Gasteiger partial charge in [0.25, 0.3) is 5.79 Å². The molecule has 0 aromatic heterocycles. The predicted molar refractivity (Wildman–Crippen MR) is 378 cm³/mol. The molecular weight excluding hydrogens is 1410 g/mol. The van der Waals surface area contributed by atoms with E-state index in [0.717, 1.165) is 65.2 Å². The fourth-order valence-corrected chi connectivity index (χ4v) is 14.3. The molecule has 0 aliphatic carbocycles. The van der Waals surface area contributed by atoms with Gasteiger partial charge in [0.05, 0.1) is 63.9 Å². The van der Waals surface area contributed by atoms with Gasteiger partial charge < -0.3 is 150 Å². The zero-order chi connectivity index (χ0) is 78.8. The first-order valence-corrected chi connectivity index (χ1v) is 39.1. The summed E-state index contributed by atoms with van der Waals surface area (Å²) in [5, 5.41) is 196. The summed E-state index contributed by atoms with van der Waals surface area (Å²) >= 11 is 0. The summed E-state index contributed by atoms with van der Waals surface area (Å²) in [6.07, 6.45) is -14.5. The van der Waals surface area contributed by atoms with E-state index >= 15 is 0 Å². The van der Waals surface area contributed by atoms with Gasteiger partial charge in [0.1, 0.15) is 116 Å². The maximum atomic E-state index is 13.5. The Morgan fingerprint density at radius 3 is 1.37 bits per heavy atom. The lowest BCUT2D eigenvalue weighted by molar-refractivity contribution is -0.390. The monoisotopic (exact) mass is 1550 g/mol. The molecule has 5 aliphatic rings. The number of hydrogen-bond donors (Lipinski definition) is 20. The second kappa shape index (κ2) is 49.9. The minimum atomic E-state index is -3.19. The maximum absolute atomic E-state index is 13.5. The van der Waals surface area contributed by atoms with Crippen molar-refractivity contribution in [1.82, 2.24) is 16.0 Å². The molecule has 0 saturated carbocycles. The van der Waals surface area contributed by atoms with E-state index in [1.165, 1.54) is 109 Å². The number of carbonyl (C=O) groups is 4. The van der Waals surface area contributed by atoms with E-state index < -0.39 is 235 Å². The van der Waals surface area contributed by atoms with E-state index in [2.05, 4.69) is 29.8 Å². The average Bonchev–Trinajstić information content (AvgIpc) is 0.755. The standard InChI is InChI=1S/C73H131N3O31/c1-5-7-9-11-13-15-17-19-20-22-24-26-28-30-32-34-52(87)76-44(45(84)33-31-29-27-25-23-21-18-16-14-12-10-8-6-2)41-98-69-60(93)59(92)64(51(40-81)102-69)104-70-61(94)66(56(89)48(37-78)99-70)105-68-54(75-43(4)83)58(91)63(50(39-80)101-68)103-71-62(95)67(57(90)49(38-79)100-71)107-73(72(96)97)35-46(85)53(74-42(3)82)65(106-73)55(88)47(86)36-77/h31,33,44-51,53-71,77-81,84-86,88-95H,5-30,32,34-41H2,1-4H3,(H,74,82)(H,75,83)(H,76,87)(H,96,97)/b33-31+/t44-,45+,46?,47+,48?,49?,50?,51?,53+,54?,55+,56-,57-,58+,59+,60?,61?,62?,63+,64+,65?,66-,67-,68-,69+,70-,71-,73-/m0/s1. The van der Waals surface area contributed by atoms with Gasteiger partial charge in [0.15, 0.2) is 25.2 Å². The molecule has 5 saturated heterocycles. The van der Waals surface area contributed by atoms with Crippen LogP contribution in [0.25, 0.3) is 0 Å². The number of rotatable bonds is 52. The van der Waals surface area contributed by atoms with Crippen molar-refractivity contribution in [2.45, 2.75) is 385 Å². The molecule has 34 heteroatoms. The van der Waals surface area contributed by atoms with Crippen molar-refractivity contribution in [2.75, 3.05) is 39.6 Å². The number of allylic oxidation sites excluding steroid dienone is 1. The van der Waals surface area contributed by atoms with Crippen molar-refractivity contribution in [3.05, 3.63) is 12.2 Å². The molecule has 34 nitrogen and oxygen atoms in total. The third kappa shape index (κ3) is 29.2. The Balaban J connectivity index is 1.25. The van der Waals surface area contributed by atoms with Gasteiger partial charge in [-0.05, 0) is 19.3 Å². The lowest BCUT2D eigenvalue weighted by Crippen LogP contribution is -2.71. The average molecular weight is 1550 g/mol. The van der Waals surface area contributed by atoms with E-state index in [4.69, 9.17) is 47.4 Å². The highest BCUT2D eigenvalue weighted by Gasteiger charge is 2.61. The molecular formula is C73H131N3O31. The topological polar surface area (TPSA) is 541 Å². The lowest BCUT2D eigenvalue weighted by atomic mass is 9.88. The molecule has 624 valence electrons. The van der Waals surface area contributed by atoms with E-state index in [1.54, 1.807) is 6.08 Å². The molecule has 3 amide bonds. The van der Waals surface area contributed by atoms with Gasteiger partial charge in [-0.1, -0.05) is 180 Å². The Morgan fingerprint density at radius 2 is 0.907 bits per heavy atom. The normalized spacial score (nSPS) is 34.6. The Labute approximate surface area is 627 Å². The molecule has 10 unspecified atom stereocenters. The fourth-order valence-electron chi connectivity index (χ4n) is 14.3. The predicted octanol–water partition coefficient (Wildman–Crippen LogP) is -1.04. The number of carboxylic acids is 1. The lowest BCUT2D eigenvalue weighted by Gasteiger charge is -2.51. The van der Waals surface area contributed by atoms with Crippen LogP contribution < -0.4 is 16.0 Å². The molecule has 28 atom stereocenters. The summed E-state index contributed by atoms with van der Waals surface area (Å²) in [6.45, 7) is 0.644. The second-order valence-corrected chi connectivity index (χ2v) is 29.3. The molecule has 5 aliphatic heterocycles. The molecule has 0 radical (unpaired) electrons. The number of hydrogen-bond acceptors (Lipinski definition) is 30. The van der Waals surface area contributed by atoms with Gasteiger partial charge in [-0.25, -0.2) is 4.79 Å². The number of aliphatic hydroxyl groups is 16. The van der Waals surface area contributed by atoms with Crippen LogP contribution in [0.5, 0.6) is 0 Å². The number of ether oxygens (including phenoxy) is 10. The molecule has 0 aromatic rings. The SMILES string of the molecule is CCCCCCCCCCCCC/C=C/[C@@H](O)[C@H](CO[C@@H]1OC(CO)[C@@H](O[C@@H]2OC(CO)[C@H](O)[C@H](O[C@@H]3OC(CO)[C@@H](O[C@@H]4OC(CO)[C@H](O)[C@H](O[C@]5(C(=O)O)CC(O)[C@@H](NC(C)=O)C([C@H](O)[C@H](O)CO)O5)C4O)[C@H](O)C3NC(C)=O)C2O)[C@H](O)C1O)NC(=O)CCCCCCCCCCCCCCCCC. The van der Waals surface area contributed by atoms with Gasteiger partial charge in [-0.3, -0.25) is 14.4 Å². The van der Waals surface area contributed by atoms with E-state index in [-0.39, 0.29) is 12.3 Å². The smallest absolute Gasteiger partial charge is 0.364 e. The summed E-state index contributed by atoms with van der Waals surface area (Å²) in [6, 6.07) is -4.60. The Kier molecular flexibility index (Phi) is 44.0. The molecule has 107 heavy (non-hydrogen) atoms. The molecule has 20 N–H and O–H groups in total. The number of nitrogens with one attached hydrogen (secondary N) is 3. The van der Waals surface area contributed by atoms with Crippen LogP contribution in [0.1, 0.15) is 214 Å². The van der Waals surface area contributed by atoms with Crippen LogP contribution in [0.15, 0.2) is 12.2 Å². The summed E-state index contributed by atoms with van der Waals surface area (Å²) < 4.78 is 58.8. The third-order valence-electron chi connectivity index (χ3n) is 20.6. The van der Waals surface area contributed by atoms with Gasteiger partial charge in [-0.15, -0.1) is 0 Å². The maximum Gasteiger partial charge on any atom is 0.364 e. The molecule has 5 fully saturated rings. The Morgan fingerprint density at radius 1 is 0.486 bits per heavy atom. The van der Waals surface area contributed by atoms with Crippen molar-refractivity contribution in [3.8, 4) is 0 Å². The zero-order valence-corrected chi connectivity index (χ0v) is 62.8. The highest BCUT2D eigenvalue weighted by Crippen LogP contribution is 2.40. The van der Waals surface area contributed by atoms with Crippen molar-refractivity contribution < 1.29 is 153 Å². The number of carboxylic acid groups (broad SMARTS) is 1. The highest BCUT2D eigenvalue weighted by atomic mass is 16.8. The van der Waals surface area contributed by atoms with Crippen LogP contribution in [0.3, 0.4) is 0 Å². The van der Waals surface area contributed by atoms with Crippen LogP contribution in [0, 0.1) is 0 Å². The van der Waals surface area contributed by atoms with Gasteiger partial charge >= 0.3 is 5.97 Å². The number of amides is 3. The van der Waals surface area contributed by atoms with Crippen molar-refractivity contribution in [1.29, 1.82) is 0 Å². The zero-order valence-electron chi connectivity index (χ0n) is 62.8. The largest absolute Gasteiger partial charge is 0.477 e. The first kappa shape index (κ1) is 94.2. The summed E-state index contributed by atoms with van der Waals surface area (Å²) in [4.78, 5) is 51.7. The van der Waals surface area contributed by atoms with E-state index in [1.807, 2.05) is 6.08 Å². The van der Waals surface area contributed by atoms with Crippen molar-refractivity contribution >= 4 is 23.7 Å². The van der Waals surface area contributed by atoms with Gasteiger partial charge in [0, 0.05) is 26.7 Å². The second-order valence-electron chi connectivity index (χ2n) is 29.3. The molecule has 5 heterocycles. The quantitative estimate of drug-likeness (QED) is 0.0255. The minimum absolute atomic E-state index is 0.173. The van der Waals surface area contributed by atoms with Crippen molar-refractivity contribution in [2.24, 2.45) is 0 Å². The number of aliphatic carboxylic acids is 1. The van der Waals surface area contributed by atoms with E-state index in [9.17, 15) is 106 Å². The third-order valence-corrected chi connectivity index (χ3v) is 20.6. The van der Waals surface area contributed by atoms with Crippen molar-refractivity contribution in [3.63, 3.8) is 0 Å². The summed E-state index contributed by atoms with van der Waals surface area (Å²) in [5.41, 5.74) is 0. The highest BCUT2D eigenvalue weighted by molar-refractivity contribution is 5.77. The Hall–Kier alpha value is -3.42. The van der Waals surface area contributed by atoms with Crippen LogP contribution in [0.4, 0.5) is 0 Å². The van der Waals surface area contributed by atoms with Crippen LogP contribution in [-0.2, 0) is 66.5 Å². The molecule has 0 aromatic carbocycles. The van der Waals surface area contributed by atoms with Gasteiger partial charge in [-0.2, -0.15) is 0 Å². The van der Waals surface area contributed by atoms with Gasteiger partial charge in [0.2, 0.25) is 17.7 Å². The molecule has 5 rings (SSSR count). The Bertz CT molecular complexity index is 2500. The van der Waals surface area contributed by atoms with E-state index in [0.29, 0.717) is 12.8 Å². The summed E-state index contributed by atoms with van der Waals surface area (Å²) in [7, 11) is 0. The fraction of sp³-hybridized carbons (Fsp3) is 0.918. The number of unbranched alkanes of at least 4 members (excludes halogenated alkanes) is 25. The summed E-state index contributed by atoms with van der Waals surface area (Å²) in [5.74, 6) is -7.31. The first-order valence-electron chi connectivity index (χ1n) is 39.1. The first-order chi connectivity index (χ1) is 51.3. The minimum Gasteiger partial charge on any atom is -0.477 e.